The molecule has 0 aliphatic carbocycles. The molecule has 262 valence electrons. The van der Waals surface area contributed by atoms with Gasteiger partial charge in [-0.3, -0.25) is 14.9 Å². The van der Waals surface area contributed by atoms with E-state index in [1.54, 1.807) is 0 Å². The van der Waals surface area contributed by atoms with Crippen molar-refractivity contribution >= 4 is 17.9 Å². The van der Waals surface area contributed by atoms with Gasteiger partial charge in [0.2, 0.25) is 11.8 Å². The largest absolute Gasteiger partial charge is 0.445 e. The van der Waals surface area contributed by atoms with Crippen molar-refractivity contribution in [2.24, 2.45) is 17.2 Å². The average Bonchev–Trinajstić information content (AvgIpc) is 3.81. The van der Waals surface area contributed by atoms with Gasteiger partial charge in [0.25, 0.3) is 0 Å². The van der Waals surface area contributed by atoms with E-state index in [1.807, 2.05) is 30.3 Å². The molecule has 2 unspecified atom stereocenters. The third-order valence-corrected chi connectivity index (χ3v) is 6.92. The van der Waals surface area contributed by atoms with Crippen molar-refractivity contribution < 1.29 is 38.1 Å². The van der Waals surface area contributed by atoms with Crippen LogP contribution in [0.4, 0.5) is 4.79 Å². The Balaban J connectivity index is 2.00. The zero-order valence-corrected chi connectivity index (χ0v) is 27.0. The number of carbonyl (C=O) groups excluding carboxylic acids is 3. The second-order valence-electron chi connectivity index (χ2n) is 11.1. The summed E-state index contributed by atoms with van der Waals surface area (Å²) in [6, 6.07) is 9.30. The number of amides is 3. The molecule has 1 aromatic rings. The SMILES string of the molecule is NCCCNC(=O)CCOCC(COCCC(=O)NCCCN)(COCCC1OC1NCCCN)NC(=O)OCc1ccccc1. The lowest BCUT2D eigenvalue weighted by Gasteiger charge is -2.33. The number of benzene rings is 1. The molecule has 2 rings (SSSR count). The van der Waals surface area contributed by atoms with E-state index in [-0.39, 0.29) is 76.6 Å². The van der Waals surface area contributed by atoms with Crippen LogP contribution in [-0.2, 0) is 39.9 Å². The molecule has 15 nitrogen and oxygen atoms in total. The Morgan fingerprint density at radius 2 is 1.30 bits per heavy atom. The highest BCUT2D eigenvalue weighted by atomic mass is 16.6. The minimum atomic E-state index is -1.18. The number of ether oxygens (including phenoxy) is 5. The Labute approximate surface area is 272 Å². The smallest absolute Gasteiger partial charge is 0.408 e. The van der Waals surface area contributed by atoms with Gasteiger partial charge in [0.15, 0.2) is 0 Å². The first kappa shape index (κ1) is 39.3. The molecule has 0 aromatic heterocycles. The normalized spacial score (nSPS) is 15.7. The highest BCUT2D eigenvalue weighted by Crippen LogP contribution is 2.23. The van der Waals surface area contributed by atoms with Gasteiger partial charge in [-0.05, 0) is 51.0 Å². The fourth-order valence-electron chi connectivity index (χ4n) is 4.27. The number of nitrogens with one attached hydrogen (secondary N) is 4. The van der Waals surface area contributed by atoms with Crippen molar-refractivity contribution in [3.8, 4) is 0 Å². The van der Waals surface area contributed by atoms with E-state index in [4.69, 9.17) is 40.9 Å². The Morgan fingerprint density at radius 1 is 0.761 bits per heavy atom. The number of carbonyl (C=O) groups is 3. The molecule has 1 aliphatic rings. The van der Waals surface area contributed by atoms with Crippen LogP contribution in [0.3, 0.4) is 0 Å². The van der Waals surface area contributed by atoms with Crippen LogP contribution in [0.2, 0.25) is 0 Å². The molecule has 46 heavy (non-hydrogen) atoms. The number of hydrogen-bond donors (Lipinski definition) is 7. The van der Waals surface area contributed by atoms with Gasteiger partial charge >= 0.3 is 6.09 Å². The zero-order chi connectivity index (χ0) is 33.3. The fourth-order valence-corrected chi connectivity index (χ4v) is 4.27. The summed E-state index contributed by atoms with van der Waals surface area (Å²) in [6.45, 7) is 3.93. The molecule has 15 heteroatoms. The molecule has 1 aromatic carbocycles. The lowest BCUT2D eigenvalue weighted by atomic mass is 10.0. The summed E-state index contributed by atoms with van der Waals surface area (Å²) >= 11 is 0. The minimum absolute atomic E-state index is 0.0235. The molecule has 3 amide bonds. The second kappa shape index (κ2) is 24.3. The summed E-state index contributed by atoms with van der Waals surface area (Å²) in [6.07, 6.45) is 2.44. The van der Waals surface area contributed by atoms with Crippen LogP contribution in [0.5, 0.6) is 0 Å². The van der Waals surface area contributed by atoms with Gasteiger partial charge < -0.3 is 56.8 Å². The van der Waals surface area contributed by atoms with Crippen LogP contribution < -0.4 is 38.5 Å². The van der Waals surface area contributed by atoms with Crippen LogP contribution >= 0.6 is 0 Å². The van der Waals surface area contributed by atoms with E-state index in [0.717, 1.165) is 18.5 Å². The summed E-state index contributed by atoms with van der Waals surface area (Å²) < 4.78 is 29.0. The van der Waals surface area contributed by atoms with Crippen molar-refractivity contribution in [3.63, 3.8) is 0 Å². The molecule has 1 saturated heterocycles. The Morgan fingerprint density at radius 3 is 1.87 bits per heavy atom. The fraction of sp³-hybridized carbons (Fsp3) is 0.710. The number of alkyl carbamates (subject to hydrolysis) is 1. The topological polar surface area (TPSA) is 227 Å². The van der Waals surface area contributed by atoms with E-state index >= 15 is 0 Å². The first-order valence-electron chi connectivity index (χ1n) is 16.2. The van der Waals surface area contributed by atoms with Crippen LogP contribution in [0, 0.1) is 0 Å². The van der Waals surface area contributed by atoms with Gasteiger partial charge in [0.1, 0.15) is 24.5 Å². The molecule has 0 radical (unpaired) electrons. The summed E-state index contributed by atoms with van der Waals surface area (Å²) in [4.78, 5) is 37.4. The maximum Gasteiger partial charge on any atom is 0.408 e. The highest BCUT2D eigenvalue weighted by Gasteiger charge is 2.39. The average molecular weight is 654 g/mol. The quantitative estimate of drug-likeness (QED) is 0.0447. The van der Waals surface area contributed by atoms with E-state index < -0.39 is 11.6 Å². The van der Waals surface area contributed by atoms with E-state index in [9.17, 15) is 14.4 Å². The van der Waals surface area contributed by atoms with Crippen LogP contribution in [-0.4, -0.2) is 115 Å². The molecule has 2 atom stereocenters. The lowest BCUT2D eigenvalue weighted by Crippen LogP contribution is -2.59. The summed E-state index contributed by atoms with van der Waals surface area (Å²) in [7, 11) is 0. The molecule has 10 N–H and O–H groups in total. The number of hydrogen-bond acceptors (Lipinski definition) is 12. The Hall–Kier alpha value is -2.89. The van der Waals surface area contributed by atoms with Gasteiger partial charge in [-0.2, -0.15) is 0 Å². The highest BCUT2D eigenvalue weighted by molar-refractivity contribution is 5.76. The van der Waals surface area contributed by atoms with Gasteiger partial charge in [0, 0.05) is 39.0 Å². The second-order valence-corrected chi connectivity index (χ2v) is 11.1. The van der Waals surface area contributed by atoms with Crippen molar-refractivity contribution in [2.75, 3.05) is 78.9 Å². The third kappa shape index (κ3) is 18.3. The molecule has 1 aliphatic heterocycles. The summed E-state index contributed by atoms with van der Waals surface area (Å²) in [5.41, 5.74) is 16.2. The number of nitrogens with two attached hydrogens (primary N) is 3. The van der Waals surface area contributed by atoms with Crippen molar-refractivity contribution in [1.82, 2.24) is 21.3 Å². The molecular formula is C31H55N7O8. The maximum absolute atomic E-state index is 13.0. The van der Waals surface area contributed by atoms with Crippen LogP contribution in [0.25, 0.3) is 0 Å². The van der Waals surface area contributed by atoms with Crippen LogP contribution in [0.15, 0.2) is 30.3 Å². The van der Waals surface area contributed by atoms with E-state index in [1.165, 1.54) is 0 Å². The monoisotopic (exact) mass is 653 g/mol. The lowest BCUT2D eigenvalue weighted by molar-refractivity contribution is -0.122. The molecule has 0 spiro atoms. The summed E-state index contributed by atoms with van der Waals surface area (Å²) in [5.74, 6) is -0.331. The molecule has 1 heterocycles. The van der Waals surface area contributed by atoms with Gasteiger partial charge in [0.05, 0.1) is 33.0 Å². The van der Waals surface area contributed by atoms with E-state index in [2.05, 4.69) is 21.3 Å². The van der Waals surface area contributed by atoms with E-state index in [0.29, 0.717) is 58.6 Å². The molecular weight excluding hydrogens is 598 g/mol. The molecule has 0 bridgehead atoms. The molecule has 0 saturated carbocycles. The standard InChI is InChI=1S/C31H55N7O8/c32-12-4-15-35-27(39)10-19-43-23-31(24-44-20-11-28(40)36-16-5-13-33,38-30(41)45-21-25-7-2-1-3-8-25)22-42-18-9-26-29(46-26)37-17-6-14-34/h1-3,7-8,26,29,37H,4-6,9-24,32-34H2,(H,35,39)(H,36,40)(H,38,41). The van der Waals surface area contributed by atoms with Crippen LogP contribution in [0.1, 0.15) is 44.1 Å². The number of rotatable bonds is 28. The first-order chi connectivity index (χ1) is 22.4. The Kier molecular flexibility index (Phi) is 20.8. The van der Waals surface area contributed by atoms with Crippen molar-refractivity contribution in [2.45, 2.75) is 63.0 Å². The van der Waals surface area contributed by atoms with Crippen molar-refractivity contribution in [1.29, 1.82) is 0 Å². The zero-order valence-electron chi connectivity index (χ0n) is 27.0. The van der Waals surface area contributed by atoms with Crippen molar-refractivity contribution in [3.05, 3.63) is 35.9 Å². The summed E-state index contributed by atoms with van der Waals surface area (Å²) in [5, 5.41) is 11.8. The minimum Gasteiger partial charge on any atom is -0.445 e. The Bertz CT molecular complexity index is 945. The maximum atomic E-state index is 13.0. The third-order valence-electron chi connectivity index (χ3n) is 6.92. The number of epoxide rings is 1. The van der Waals surface area contributed by atoms with Gasteiger partial charge in [-0.25, -0.2) is 4.79 Å². The molecule has 1 fully saturated rings. The van der Waals surface area contributed by atoms with Gasteiger partial charge in [-0.15, -0.1) is 0 Å². The van der Waals surface area contributed by atoms with Gasteiger partial charge in [-0.1, -0.05) is 30.3 Å². The first-order valence-corrected chi connectivity index (χ1v) is 16.2. The predicted molar refractivity (Wildman–Crippen MR) is 172 cm³/mol. The predicted octanol–water partition coefficient (Wildman–Crippen LogP) is -0.535.